The molecule has 3 atom stereocenters. The molecule has 114 valence electrons. The number of hydrogen-bond acceptors (Lipinski definition) is 1. The molecule has 0 aliphatic heterocycles. The van der Waals surface area contributed by atoms with Crippen LogP contribution in [0.25, 0.3) is 0 Å². The maximum absolute atomic E-state index is 11.3. The lowest BCUT2D eigenvalue weighted by molar-refractivity contribution is -0.155. The molecule has 4 aliphatic rings. The van der Waals surface area contributed by atoms with Crippen LogP contribution in [0.15, 0.2) is 27.1 Å². The van der Waals surface area contributed by atoms with E-state index in [1.165, 1.54) is 38.5 Å². The molecule has 0 spiro atoms. The highest BCUT2D eigenvalue weighted by Crippen LogP contribution is 2.68. The summed E-state index contributed by atoms with van der Waals surface area (Å²) in [5.74, 6) is 1.69. The number of hydrogen-bond donors (Lipinski definition) is 1. The lowest BCUT2D eigenvalue weighted by Gasteiger charge is -2.62. The second kappa shape index (κ2) is 4.82. The Morgan fingerprint density at radius 3 is 2.43 bits per heavy atom. The molecule has 0 heterocycles. The molecule has 0 saturated heterocycles. The van der Waals surface area contributed by atoms with Gasteiger partial charge in [0, 0.05) is 14.4 Å². The zero-order chi connectivity index (χ0) is 14.8. The third-order valence-corrected chi connectivity index (χ3v) is 7.45. The summed E-state index contributed by atoms with van der Waals surface area (Å²) in [6.45, 7) is 2.46. The minimum Gasteiger partial charge on any atom is -0.388 e. The average Bonchev–Trinajstić information content (AvgIpc) is 2.38. The first-order valence-electron chi connectivity index (χ1n) is 8.02. The van der Waals surface area contributed by atoms with E-state index < -0.39 is 0 Å². The van der Waals surface area contributed by atoms with Crippen LogP contribution in [0.4, 0.5) is 0 Å². The Hall–Kier alpha value is 0.140. The van der Waals surface area contributed by atoms with Gasteiger partial charge in [-0.2, -0.15) is 0 Å². The third kappa shape index (κ3) is 2.35. The van der Waals surface area contributed by atoms with E-state index in [9.17, 15) is 5.11 Å². The van der Waals surface area contributed by atoms with Crippen molar-refractivity contribution in [2.45, 2.75) is 51.6 Å². The fourth-order valence-electron chi connectivity index (χ4n) is 6.17. The number of rotatable bonds is 2. The van der Waals surface area contributed by atoms with E-state index in [4.69, 9.17) is 0 Å². The molecular weight excluding hydrogens is 392 g/mol. The fourth-order valence-corrected chi connectivity index (χ4v) is 7.01. The van der Waals surface area contributed by atoms with Gasteiger partial charge >= 0.3 is 0 Å². The van der Waals surface area contributed by atoms with E-state index in [0.29, 0.717) is 5.41 Å². The summed E-state index contributed by atoms with van der Waals surface area (Å²) in [5, 5.41) is 11.3. The van der Waals surface area contributed by atoms with Gasteiger partial charge < -0.3 is 5.11 Å². The summed E-state index contributed by atoms with van der Waals surface area (Å²) in [7, 11) is 0. The van der Waals surface area contributed by atoms with Gasteiger partial charge in [-0.25, -0.2) is 0 Å². The number of benzene rings is 1. The van der Waals surface area contributed by atoms with Crippen molar-refractivity contribution in [2.75, 3.05) is 0 Å². The minimum absolute atomic E-state index is 0.113. The van der Waals surface area contributed by atoms with Gasteiger partial charge in [0.25, 0.3) is 0 Å². The van der Waals surface area contributed by atoms with Crippen molar-refractivity contribution >= 4 is 31.9 Å². The van der Waals surface area contributed by atoms with Gasteiger partial charge in [-0.15, -0.1) is 0 Å². The van der Waals surface area contributed by atoms with Crippen LogP contribution in [0.2, 0.25) is 0 Å². The van der Waals surface area contributed by atoms with E-state index in [-0.39, 0.29) is 11.5 Å². The predicted octanol–water partition coefficient (Wildman–Crippen LogP) is 5.85. The highest BCUT2D eigenvalue weighted by molar-refractivity contribution is 9.11. The van der Waals surface area contributed by atoms with Crippen molar-refractivity contribution in [1.82, 2.24) is 0 Å². The quantitative estimate of drug-likeness (QED) is 0.644. The zero-order valence-electron chi connectivity index (χ0n) is 12.4. The summed E-state index contributed by atoms with van der Waals surface area (Å²) in [4.78, 5) is 0. The molecule has 4 saturated carbocycles. The molecule has 1 nitrogen and oxygen atoms in total. The molecule has 4 fully saturated rings. The highest BCUT2D eigenvalue weighted by Gasteiger charge is 2.58. The van der Waals surface area contributed by atoms with E-state index in [1.54, 1.807) is 0 Å². The zero-order valence-corrected chi connectivity index (χ0v) is 15.6. The molecule has 0 aromatic heterocycles. The van der Waals surface area contributed by atoms with E-state index in [1.807, 2.05) is 12.1 Å². The van der Waals surface area contributed by atoms with Gasteiger partial charge in [0.05, 0.1) is 6.10 Å². The number of aliphatic hydroxyl groups is 1. The molecule has 3 unspecified atom stereocenters. The van der Waals surface area contributed by atoms with Crippen molar-refractivity contribution in [1.29, 1.82) is 0 Å². The van der Waals surface area contributed by atoms with E-state index in [0.717, 1.165) is 26.3 Å². The van der Waals surface area contributed by atoms with Crippen molar-refractivity contribution in [3.8, 4) is 0 Å². The monoisotopic (exact) mass is 412 g/mol. The Labute approximate surface area is 143 Å². The van der Waals surface area contributed by atoms with Gasteiger partial charge in [0.1, 0.15) is 0 Å². The van der Waals surface area contributed by atoms with Crippen molar-refractivity contribution < 1.29 is 5.11 Å². The van der Waals surface area contributed by atoms with Gasteiger partial charge in [0.15, 0.2) is 0 Å². The molecule has 0 amide bonds. The first-order chi connectivity index (χ1) is 9.89. The fraction of sp³-hybridized carbons (Fsp3) is 0.667. The third-order valence-electron chi connectivity index (χ3n) is 6.23. The van der Waals surface area contributed by atoms with Gasteiger partial charge in [-0.1, -0.05) is 38.8 Å². The molecule has 5 rings (SSSR count). The summed E-state index contributed by atoms with van der Waals surface area (Å²) < 4.78 is 2.09. The first kappa shape index (κ1) is 14.7. The molecule has 1 N–H and O–H groups in total. The number of halogens is 2. The highest BCUT2D eigenvalue weighted by atomic mass is 79.9. The van der Waals surface area contributed by atoms with Crippen LogP contribution in [-0.4, -0.2) is 5.11 Å². The van der Waals surface area contributed by atoms with Gasteiger partial charge in [0.2, 0.25) is 0 Å². The van der Waals surface area contributed by atoms with Crippen LogP contribution in [-0.2, 0) is 0 Å². The Morgan fingerprint density at radius 2 is 1.81 bits per heavy atom. The van der Waals surface area contributed by atoms with Crippen LogP contribution in [0.3, 0.4) is 0 Å². The van der Waals surface area contributed by atoms with Crippen molar-refractivity contribution in [2.24, 2.45) is 22.7 Å². The maximum Gasteiger partial charge on any atom is 0.0857 e. The Morgan fingerprint density at radius 1 is 1.14 bits per heavy atom. The predicted molar refractivity (Wildman–Crippen MR) is 92.0 cm³/mol. The molecule has 1 aromatic carbocycles. The second-order valence-electron chi connectivity index (χ2n) is 8.20. The average molecular weight is 414 g/mol. The molecule has 4 aliphatic carbocycles. The second-order valence-corrected chi connectivity index (χ2v) is 9.97. The summed E-state index contributed by atoms with van der Waals surface area (Å²) >= 11 is 7.20. The molecule has 0 radical (unpaired) electrons. The number of aliphatic hydroxyl groups excluding tert-OH is 1. The lowest BCUT2D eigenvalue weighted by Crippen LogP contribution is -2.53. The Kier molecular flexibility index (Phi) is 3.37. The van der Waals surface area contributed by atoms with Crippen molar-refractivity contribution in [3.63, 3.8) is 0 Å². The molecular formula is C18H22Br2O. The Balaban J connectivity index is 1.73. The van der Waals surface area contributed by atoms with Crippen LogP contribution in [0, 0.1) is 22.7 Å². The van der Waals surface area contributed by atoms with E-state index in [2.05, 4.69) is 44.8 Å². The smallest absolute Gasteiger partial charge is 0.0857 e. The van der Waals surface area contributed by atoms with Crippen molar-refractivity contribution in [3.05, 3.63) is 32.7 Å². The van der Waals surface area contributed by atoms with Crippen LogP contribution < -0.4 is 0 Å². The van der Waals surface area contributed by atoms with Gasteiger partial charge in [-0.3, -0.25) is 0 Å². The SMILES string of the molecule is CC12CC3CC(C1)CC(C(O)c1cc(Br)ccc1Br)(C3)C2. The molecule has 4 bridgehead atoms. The van der Waals surface area contributed by atoms with Gasteiger partial charge in [-0.05, 0) is 79.5 Å². The van der Waals surface area contributed by atoms with Crippen LogP contribution in [0.5, 0.6) is 0 Å². The largest absolute Gasteiger partial charge is 0.388 e. The maximum atomic E-state index is 11.3. The minimum atomic E-state index is -0.338. The molecule has 1 aromatic rings. The molecule has 21 heavy (non-hydrogen) atoms. The van der Waals surface area contributed by atoms with Crippen LogP contribution >= 0.6 is 31.9 Å². The molecule has 3 heteroatoms. The van der Waals surface area contributed by atoms with E-state index >= 15 is 0 Å². The standard InChI is InChI=1S/C18H22Br2O/c1-17-6-11-4-12(7-17)9-18(8-11,10-17)16(21)14-5-13(19)2-3-15(14)20/h2-3,5,11-12,16,21H,4,6-10H2,1H3. The summed E-state index contributed by atoms with van der Waals surface area (Å²) in [5.41, 5.74) is 1.65. The summed E-state index contributed by atoms with van der Waals surface area (Å²) in [6.07, 6.45) is 7.49. The first-order valence-corrected chi connectivity index (χ1v) is 9.61. The summed E-state index contributed by atoms with van der Waals surface area (Å²) in [6, 6.07) is 6.17. The normalized spacial score (nSPS) is 42.3. The van der Waals surface area contributed by atoms with Crippen LogP contribution in [0.1, 0.15) is 57.1 Å². The Bertz CT molecular complexity index is 569. The topological polar surface area (TPSA) is 20.2 Å². The lowest BCUT2D eigenvalue weighted by atomic mass is 9.43.